The Kier molecular flexibility index (Phi) is 6.72. The number of anilines is 2. The third kappa shape index (κ3) is 5.18. The van der Waals surface area contributed by atoms with Gasteiger partial charge in [0.05, 0.1) is 22.5 Å². The van der Waals surface area contributed by atoms with Crippen LogP contribution in [0.25, 0.3) is 11.1 Å². The van der Waals surface area contributed by atoms with Gasteiger partial charge in [0.25, 0.3) is 5.91 Å². The van der Waals surface area contributed by atoms with E-state index in [0.29, 0.717) is 36.6 Å². The quantitative estimate of drug-likeness (QED) is 0.458. The van der Waals surface area contributed by atoms with E-state index < -0.39 is 34.6 Å². The van der Waals surface area contributed by atoms with Crippen molar-refractivity contribution in [2.75, 3.05) is 37.4 Å². The van der Waals surface area contributed by atoms with E-state index >= 15 is 4.39 Å². The number of likely N-dealkylation sites (N-methyl/N-ethyl adjacent to an activating group) is 1. The molecule has 3 heterocycles. The topological polar surface area (TPSA) is 102 Å². The summed E-state index contributed by atoms with van der Waals surface area (Å²) in [6.07, 6.45) is -2.24. The molecular weight excluding hydrogens is 482 g/mol. The third-order valence-electron chi connectivity index (χ3n) is 6.10. The van der Waals surface area contributed by atoms with Gasteiger partial charge >= 0.3 is 6.18 Å². The maximum Gasteiger partial charge on any atom is 0.417 e. The van der Waals surface area contributed by atoms with E-state index in [4.69, 9.17) is 0 Å². The number of hydrogen-bond donors (Lipinski definition) is 3. The number of pyridine rings is 2. The first kappa shape index (κ1) is 25.2. The number of carbonyl (C=O) groups is 1. The highest BCUT2D eigenvalue weighted by Gasteiger charge is 2.36. The summed E-state index contributed by atoms with van der Waals surface area (Å²) in [6.45, 7) is 1.06. The number of halogens is 4. The molecule has 0 spiro atoms. The monoisotopic (exact) mass is 505 g/mol. The Hall–Kier alpha value is -3.93. The summed E-state index contributed by atoms with van der Waals surface area (Å²) in [5.41, 5.74) is -2.46. The van der Waals surface area contributed by atoms with Crippen molar-refractivity contribution in [2.45, 2.75) is 18.6 Å². The summed E-state index contributed by atoms with van der Waals surface area (Å²) in [4.78, 5) is 34.2. The Morgan fingerprint density at radius 3 is 2.61 bits per heavy atom. The molecule has 1 aromatic carbocycles. The van der Waals surface area contributed by atoms with Crippen LogP contribution in [0.1, 0.15) is 22.3 Å². The number of aromatic hydroxyl groups is 1. The summed E-state index contributed by atoms with van der Waals surface area (Å²) < 4.78 is 55.8. The molecule has 1 fully saturated rings. The fraction of sp³-hybridized carbons (Fsp3) is 0.292. The average Bonchev–Trinajstić information content (AvgIpc) is 3.30. The Morgan fingerprint density at radius 2 is 2.00 bits per heavy atom. The van der Waals surface area contributed by atoms with Gasteiger partial charge in [-0.25, -0.2) is 9.37 Å². The molecule has 0 bridgehead atoms. The fourth-order valence-corrected chi connectivity index (χ4v) is 4.16. The molecule has 3 N–H and O–H groups in total. The number of H-pyrrole nitrogens is 1. The lowest BCUT2D eigenvalue weighted by Crippen LogP contribution is -2.32. The molecule has 0 aliphatic carbocycles. The molecule has 1 aliphatic heterocycles. The van der Waals surface area contributed by atoms with Crippen LogP contribution in [0.4, 0.5) is 28.9 Å². The third-order valence-corrected chi connectivity index (χ3v) is 6.10. The molecule has 1 atom stereocenters. The number of hydrogen-bond acceptors (Lipinski definition) is 6. The molecule has 3 aromatic rings. The minimum Gasteiger partial charge on any atom is -0.493 e. The zero-order valence-corrected chi connectivity index (χ0v) is 19.4. The molecule has 0 radical (unpaired) electrons. The Morgan fingerprint density at radius 1 is 1.25 bits per heavy atom. The highest BCUT2D eigenvalue weighted by Crippen LogP contribution is 2.37. The molecule has 1 saturated heterocycles. The molecule has 4 rings (SSSR count). The predicted molar refractivity (Wildman–Crippen MR) is 126 cm³/mol. The number of nitrogens with one attached hydrogen (secondary N) is 2. The summed E-state index contributed by atoms with van der Waals surface area (Å²) in [6, 6.07) is 5.70. The molecule has 1 aliphatic rings. The van der Waals surface area contributed by atoms with Crippen LogP contribution in [0.3, 0.4) is 0 Å². The maximum absolute atomic E-state index is 15.2. The van der Waals surface area contributed by atoms with Crippen LogP contribution < -0.4 is 15.8 Å². The van der Waals surface area contributed by atoms with Gasteiger partial charge in [-0.15, -0.1) is 0 Å². The zero-order valence-electron chi connectivity index (χ0n) is 19.4. The SMILES string of the molecule is CN(C)[C@@H]1CCN(c2cc(F)c(-c3ccc(O)nc3)cc2NC(=O)c2c[nH]c(=O)cc2C(F)(F)F)C1. The van der Waals surface area contributed by atoms with Crippen LogP contribution in [0.5, 0.6) is 5.88 Å². The summed E-state index contributed by atoms with van der Waals surface area (Å²) >= 11 is 0. The van der Waals surface area contributed by atoms with Crippen molar-refractivity contribution in [1.82, 2.24) is 14.9 Å². The van der Waals surface area contributed by atoms with Crippen LogP contribution in [0, 0.1) is 5.82 Å². The number of carbonyl (C=O) groups excluding carboxylic acids is 1. The summed E-state index contributed by atoms with van der Waals surface area (Å²) in [7, 11) is 3.82. The second-order valence-electron chi connectivity index (χ2n) is 8.68. The minimum absolute atomic E-state index is 0.0300. The van der Waals surface area contributed by atoms with Gasteiger partial charge in [-0.2, -0.15) is 13.2 Å². The van der Waals surface area contributed by atoms with E-state index in [1.54, 1.807) is 0 Å². The molecular formula is C24H23F4N5O3. The number of nitrogens with zero attached hydrogens (tertiary/aromatic N) is 3. The zero-order chi connectivity index (χ0) is 26.2. The number of aromatic nitrogens is 2. The van der Waals surface area contributed by atoms with Gasteiger partial charge in [0, 0.05) is 54.8 Å². The highest BCUT2D eigenvalue weighted by atomic mass is 19.4. The summed E-state index contributed by atoms with van der Waals surface area (Å²) in [5, 5.41) is 11.9. The number of benzene rings is 1. The molecule has 0 saturated carbocycles. The normalized spacial score (nSPS) is 16.0. The van der Waals surface area contributed by atoms with E-state index in [1.807, 2.05) is 23.9 Å². The van der Waals surface area contributed by atoms with Crippen LogP contribution in [0.15, 0.2) is 47.5 Å². The van der Waals surface area contributed by atoms with Gasteiger partial charge in [-0.3, -0.25) is 9.59 Å². The van der Waals surface area contributed by atoms with Crippen molar-refractivity contribution < 1.29 is 27.5 Å². The van der Waals surface area contributed by atoms with Crippen LogP contribution >= 0.6 is 0 Å². The lowest BCUT2D eigenvalue weighted by atomic mass is 10.0. The lowest BCUT2D eigenvalue weighted by molar-refractivity contribution is -0.138. The fourth-order valence-electron chi connectivity index (χ4n) is 4.16. The number of aromatic amines is 1. The van der Waals surface area contributed by atoms with Gasteiger partial charge in [-0.05, 0) is 38.7 Å². The van der Waals surface area contributed by atoms with Crippen LogP contribution in [-0.4, -0.2) is 59.1 Å². The summed E-state index contributed by atoms with van der Waals surface area (Å²) in [5.74, 6) is -2.03. The molecule has 12 heteroatoms. The van der Waals surface area contributed by atoms with E-state index in [9.17, 15) is 27.9 Å². The minimum atomic E-state index is -4.94. The van der Waals surface area contributed by atoms with E-state index in [2.05, 4.69) is 15.3 Å². The molecule has 1 amide bonds. The molecule has 190 valence electrons. The van der Waals surface area contributed by atoms with E-state index in [-0.39, 0.29) is 23.2 Å². The molecule has 36 heavy (non-hydrogen) atoms. The first-order chi connectivity index (χ1) is 16.9. The Balaban J connectivity index is 1.79. The van der Waals surface area contributed by atoms with Crippen LogP contribution in [0.2, 0.25) is 0 Å². The standard InChI is InChI=1S/C24H23F4N5O3/c1-32(2)14-5-6-33(12-14)20-9-18(25)15(13-3-4-21(34)29-10-13)7-19(20)31-23(36)16-11-30-22(35)8-17(16)24(26,27)28/h3-4,7-11,14H,5-6,12H2,1-2H3,(H,29,34)(H,30,35)(H,31,36)/t14-/m1/s1. The number of rotatable bonds is 5. The van der Waals surface area contributed by atoms with E-state index in [0.717, 1.165) is 6.42 Å². The van der Waals surface area contributed by atoms with Crippen molar-refractivity contribution in [3.05, 3.63) is 70.0 Å². The lowest BCUT2D eigenvalue weighted by Gasteiger charge is -2.25. The van der Waals surface area contributed by atoms with Crippen molar-refractivity contribution in [3.8, 4) is 17.0 Å². The van der Waals surface area contributed by atoms with Crippen molar-refractivity contribution >= 4 is 17.3 Å². The van der Waals surface area contributed by atoms with Gasteiger partial charge in [0.1, 0.15) is 5.82 Å². The van der Waals surface area contributed by atoms with E-state index in [1.165, 1.54) is 30.5 Å². The smallest absolute Gasteiger partial charge is 0.417 e. The molecule has 2 aromatic heterocycles. The van der Waals surface area contributed by atoms with Gasteiger partial charge in [0.2, 0.25) is 11.4 Å². The maximum atomic E-state index is 15.2. The Bertz CT molecular complexity index is 1340. The molecule has 8 nitrogen and oxygen atoms in total. The second-order valence-corrected chi connectivity index (χ2v) is 8.68. The largest absolute Gasteiger partial charge is 0.493 e. The van der Waals surface area contributed by atoms with Crippen molar-refractivity contribution in [3.63, 3.8) is 0 Å². The van der Waals surface area contributed by atoms with Crippen LogP contribution in [-0.2, 0) is 6.18 Å². The first-order valence-electron chi connectivity index (χ1n) is 11.0. The number of alkyl halides is 3. The van der Waals surface area contributed by atoms with Gasteiger partial charge in [0.15, 0.2) is 0 Å². The Labute approximate surface area is 203 Å². The van der Waals surface area contributed by atoms with Crippen molar-refractivity contribution in [2.24, 2.45) is 0 Å². The first-order valence-corrected chi connectivity index (χ1v) is 11.0. The van der Waals surface area contributed by atoms with Gasteiger partial charge < -0.3 is 25.2 Å². The van der Waals surface area contributed by atoms with Crippen molar-refractivity contribution in [1.29, 1.82) is 0 Å². The predicted octanol–water partition coefficient (Wildman–Crippen LogP) is 3.69. The molecule has 0 unspecified atom stereocenters. The van der Waals surface area contributed by atoms with Gasteiger partial charge in [-0.1, -0.05) is 0 Å². The highest BCUT2D eigenvalue weighted by molar-refractivity contribution is 6.07. The number of amides is 1. The second kappa shape index (κ2) is 9.61. The average molecular weight is 505 g/mol.